The van der Waals surface area contributed by atoms with Crippen molar-refractivity contribution in [2.75, 3.05) is 13.2 Å². The lowest BCUT2D eigenvalue weighted by Gasteiger charge is -2.27. The lowest BCUT2D eigenvalue weighted by molar-refractivity contribution is 0.223. The van der Waals surface area contributed by atoms with Crippen molar-refractivity contribution in [3.8, 4) is 44.9 Å². The van der Waals surface area contributed by atoms with Gasteiger partial charge in [-0.2, -0.15) is 0 Å². The Labute approximate surface area is 261 Å². The second-order valence-corrected chi connectivity index (χ2v) is 13.0. The van der Waals surface area contributed by atoms with Gasteiger partial charge in [0.05, 0.1) is 19.1 Å². The second kappa shape index (κ2) is 11.7. The summed E-state index contributed by atoms with van der Waals surface area (Å²) in [4.78, 5) is 0. The zero-order valence-electron chi connectivity index (χ0n) is 25.7. The van der Waals surface area contributed by atoms with Gasteiger partial charge >= 0.3 is 0 Å². The predicted octanol–water partition coefficient (Wildman–Crippen LogP) is 10.3. The van der Waals surface area contributed by atoms with Crippen LogP contribution >= 0.6 is 0 Å². The highest BCUT2D eigenvalue weighted by molar-refractivity contribution is 5.84. The summed E-state index contributed by atoms with van der Waals surface area (Å²) in [6.45, 7) is 3.34. The summed E-state index contributed by atoms with van der Waals surface area (Å²) in [7, 11) is 0. The molecule has 0 radical (unpaired) electrons. The van der Waals surface area contributed by atoms with Gasteiger partial charge in [-0.3, -0.25) is 0 Å². The normalized spacial score (nSPS) is 16.1. The van der Waals surface area contributed by atoms with E-state index in [0.717, 1.165) is 37.2 Å². The van der Waals surface area contributed by atoms with E-state index in [-0.39, 0.29) is 5.92 Å². The van der Waals surface area contributed by atoms with E-state index in [0.29, 0.717) is 13.2 Å². The van der Waals surface area contributed by atoms with Gasteiger partial charge in [-0.05, 0) is 120 Å². The molecule has 3 aliphatic rings. The number of benzene rings is 5. The van der Waals surface area contributed by atoms with Crippen molar-refractivity contribution < 1.29 is 9.47 Å². The third-order valence-corrected chi connectivity index (χ3v) is 10.1. The fraction of sp³-hybridized carbons (Fsp3) is 0.286. The Balaban J connectivity index is 1.10. The van der Waals surface area contributed by atoms with Gasteiger partial charge in [0.2, 0.25) is 0 Å². The van der Waals surface area contributed by atoms with Gasteiger partial charge in [0.15, 0.2) is 0 Å². The van der Waals surface area contributed by atoms with Crippen LogP contribution in [0.15, 0.2) is 97.1 Å². The Kier molecular flexibility index (Phi) is 7.22. The molecule has 0 saturated carbocycles. The molecule has 5 aromatic rings. The van der Waals surface area contributed by atoms with Crippen LogP contribution in [0.3, 0.4) is 0 Å². The molecule has 1 aliphatic heterocycles. The molecule has 2 nitrogen and oxygen atoms in total. The zero-order valence-corrected chi connectivity index (χ0v) is 25.7. The van der Waals surface area contributed by atoms with Crippen LogP contribution in [0.1, 0.15) is 65.0 Å². The highest BCUT2D eigenvalue weighted by atomic mass is 16.5. The van der Waals surface area contributed by atoms with Gasteiger partial charge in [-0.15, -0.1) is 0 Å². The minimum absolute atomic E-state index is 0.138. The summed E-state index contributed by atoms with van der Waals surface area (Å²) >= 11 is 0. The number of hydrogen-bond acceptors (Lipinski definition) is 2. The number of fused-ring (bicyclic) bond motifs is 7. The van der Waals surface area contributed by atoms with E-state index in [2.05, 4.69) is 104 Å². The molecule has 1 heterocycles. The van der Waals surface area contributed by atoms with Crippen LogP contribution in [-0.2, 0) is 25.7 Å². The molecule has 220 valence electrons. The minimum atomic E-state index is 0.138. The summed E-state index contributed by atoms with van der Waals surface area (Å²) in [5, 5.41) is 0. The first kappa shape index (κ1) is 27.3. The van der Waals surface area contributed by atoms with Crippen LogP contribution in [0.5, 0.6) is 11.5 Å². The van der Waals surface area contributed by atoms with Gasteiger partial charge in [0.1, 0.15) is 11.5 Å². The van der Waals surface area contributed by atoms with Crippen LogP contribution in [0.25, 0.3) is 33.4 Å². The van der Waals surface area contributed by atoms with Gasteiger partial charge < -0.3 is 9.47 Å². The summed E-state index contributed by atoms with van der Waals surface area (Å²) in [5.74, 6) is 2.21. The van der Waals surface area contributed by atoms with Crippen molar-refractivity contribution >= 4 is 0 Å². The van der Waals surface area contributed by atoms with Crippen molar-refractivity contribution in [3.63, 3.8) is 0 Å². The Morgan fingerprint density at radius 3 is 1.34 bits per heavy atom. The fourth-order valence-corrected chi connectivity index (χ4v) is 7.57. The third-order valence-electron chi connectivity index (χ3n) is 10.1. The molecule has 8 rings (SSSR count). The lowest BCUT2D eigenvalue weighted by atomic mass is 9.80. The van der Waals surface area contributed by atoms with E-state index in [1.54, 1.807) is 0 Å². The number of aryl methyl sites for hydroxylation is 3. The molecule has 0 saturated heterocycles. The van der Waals surface area contributed by atoms with E-state index in [1.807, 2.05) is 0 Å². The molecule has 0 atom stereocenters. The maximum absolute atomic E-state index is 6.79. The molecule has 0 unspecified atom stereocenters. The Morgan fingerprint density at radius 2 is 0.864 bits per heavy atom. The average Bonchev–Trinajstić information content (AvgIpc) is 3.17. The van der Waals surface area contributed by atoms with Crippen LogP contribution in [0.4, 0.5) is 0 Å². The maximum Gasteiger partial charge on any atom is 0.127 e. The molecule has 0 bridgehead atoms. The van der Waals surface area contributed by atoms with Gasteiger partial charge in [0, 0.05) is 11.1 Å². The highest BCUT2D eigenvalue weighted by Crippen LogP contribution is 2.48. The first-order chi connectivity index (χ1) is 21.7. The molecule has 0 spiro atoms. The molecular formula is C42H40O2. The highest BCUT2D eigenvalue weighted by Gasteiger charge is 2.28. The minimum Gasteiger partial charge on any atom is -0.492 e. The summed E-state index contributed by atoms with van der Waals surface area (Å²) in [6, 6.07) is 35.8. The smallest absolute Gasteiger partial charge is 0.127 e. The lowest BCUT2D eigenvalue weighted by Crippen LogP contribution is -2.17. The molecule has 0 aromatic heterocycles. The van der Waals surface area contributed by atoms with E-state index >= 15 is 0 Å². The molecule has 0 fully saturated rings. The standard InChI is InChI=1S/C42H40O2/c1-28-10-12-29(13-11-28)30-14-16-31(17-15-30)32-18-20-33(21-19-32)36-26-43-39-24-22-34-6-2-4-8-37(34)41(39)42-38-9-5-3-7-35(38)23-25-40(42)44-27-36/h10-25,36H,2-9,26-27H2,1H3. The SMILES string of the molecule is Cc1ccc(-c2ccc(-c3ccc(C4COc5ccc6c(c5-c5c(ccc7c5CCCC7)OC4)CCCC6)cc3)cc2)cc1. The Hall–Kier alpha value is -4.30. The molecule has 2 heteroatoms. The van der Waals surface area contributed by atoms with Crippen molar-refractivity contribution in [1.29, 1.82) is 0 Å². The number of rotatable bonds is 3. The monoisotopic (exact) mass is 576 g/mol. The van der Waals surface area contributed by atoms with Crippen LogP contribution in [-0.4, -0.2) is 13.2 Å². The topological polar surface area (TPSA) is 18.5 Å². The first-order valence-corrected chi connectivity index (χ1v) is 16.5. The fourth-order valence-electron chi connectivity index (χ4n) is 7.57. The summed E-state index contributed by atoms with van der Waals surface area (Å²) in [6.07, 6.45) is 9.63. The molecule has 0 N–H and O–H groups in total. The summed E-state index contributed by atoms with van der Waals surface area (Å²) in [5.41, 5.74) is 16.1. The molecule has 5 aromatic carbocycles. The second-order valence-electron chi connectivity index (χ2n) is 13.0. The molecular weight excluding hydrogens is 536 g/mol. The van der Waals surface area contributed by atoms with Crippen LogP contribution in [0.2, 0.25) is 0 Å². The van der Waals surface area contributed by atoms with Crippen molar-refractivity contribution in [1.82, 2.24) is 0 Å². The largest absolute Gasteiger partial charge is 0.492 e. The Morgan fingerprint density at radius 1 is 0.455 bits per heavy atom. The van der Waals surface area contributed by atoms with Gasteiger partial charge in [-0.25, -0.2) is 0 Å². The molecule has 44 heavy (non-hydrogen) atoms. The maximum atomic E-state index is 6.79. The number of ether oxygens (including phenoxy) is 2. The Bertz CT molecular complexity index is 1730. The zero-order chi connectivity index (χ0) is 29.5. The molecule has 0 amide bonds. The van der Waals surface area contributed by atoms with Crippen molar-refractivity contribution in [2.45, 2.75) is 64.2 Å². The van der Waals surface area contributed by atoms with Crippen molar-refractivity contribution in [3.05, 3.63) is 130 Å². The van der Waals surface area contributed by atoms with E-state index in [9.17, 15) is 0 Å². The average molecular weight is 577 g/mol. The van der Waals surface area contributed by atoms with Crippen LogP contribution in [0, 0.1) is 6.92 Å². The van der Waals surface area contributed by atoms with Crippen molar-refractivity contribution in [2.24, 2.45) is 0 Å². The van der Waals surface area contributed by atoms with E-state index in [1.165, 1.54) is 92.4 Å². The number of hydrogen-bond donors (Lipinski definition) is 0. The van der Waals surface area contributed by atoms with E-state index in [4.69, 9.17) is 9.47 Å². The van der Waals surface area contributed by atoms with Crippen LogP contribution < -0.4 is 9.47 Å². The quantitative estimate of drug-likeness (QED) is 0.213. The van der Waals surface area contributed by atoms with Gasteiger partial charge in [0.25, 0.3) is 0 Å². The molecule has 2 aliphatic carbocycles. The first-order valence-electron chi connectivity index (χ1n) is 16.5. The van der Waals surface area contributed by atoms with Gasteiger partial charge in [-0.1, -0.05) is 90.5 Å². The predicted molar refractivity (Wildman–Crippen MR) is 181 cm³/mol. The van der Waals surface area contributed by atoms with E-state index < -0.39 is 0 Å². The summed E-state index contributed by atoms with van der Waals surface area (Å²) < 4.78 is 13.6. The third kappa shape index (κ3) is 5.11.